The van der Waals surface area contributed by atoms with Crippen molar-refractivity contribution in [1.82, 2.24) is 4.72 Å². The van der Waals surface area contributed by atoms with Crippen molar-refractivity contribution in [1.29, 1.82) is 0 Å². The summed E-state index contributed by atoms with van der Waals surface area (Å²) in [6.45, 7) is -0.0818. The Morgan fingerprint density at radius 2 is 1.90 bits per heavy atom. The van der Waals surface area contributed by atoms with Gasteiger partial charge < -0.3 is 5.11 Å². The average Bonchev–Trinajstić information content (AvgIpc) is 2.33. The van der Waals surface area contributed by atoms with E-state index in [4.69, 9.17) is 16.7 Å². The van der Waals surface area contributed by atoms with E-state index in [-0.39, 0.29) is 18.2 Å². The minimum Gasteiger partial charge on any atom is -0.396 e. The lowest BCUT2D eigenvalue weighted by atomic mass is 10.2. The summed E-state index contributed by atoms with van der Waals surface area (Å²) in [6, 6.07) is 2.11. The highest BCUT2D eigenvalue weighted by Crippen LogP contribution is 2.33. The first-order chi connectivity index (χ1) is 9.18. The standard InChI is InChI=1S/C11H13ClF3NO3S/c12-9-4-3-8(11(13,14)15)7-10(9)20(18,19)16-5-1-2-6-17/h3-4,7,16-17H,1-2,5-6H2. The lowest BCUT2D eigenvalue weighted by Crippen LogP contribution is -2.25. The Labute approximate surface area is 119 Å². The molecule has 0 aromatic heterocycles. The minimum atomic E-state index is -4.65. The lowest BCUT2D eigenvalue weighted by Gasteiger charge is -2.11. The molecule has 0 heterocycles. The van der Waals surface area contributed by atoms with E-state index in [2.05, 4.69) is 4.72 Å². The second kappa shape index (κ2) is 6.75. The highest BCUT2D eigenvalue weighted by atomic mass is 35.5. The Bertz CT molecular complexity index is 561. The number of benzene rings is 1. The molecule has 0 aliphatic carbocycles. The first-order valence-electron chi connectivity index (χ1n) is 5.66. The fraction of sp³-hybridized carbons (Fsp3) is 0.455. The summed E-state index contributed by atoms with van der Waals surface area (Å²) in [4.78, 5) is -0.613. The Morgan fingerprint density at radius 1 is 1.25 bits per heavy atom. The summed E-state index contributed by atoms with van der Waals surface area (Å²) in [5.41, 5.74) is -1.09. The van der Waals surface area contributed by atoms with Gasteiger partial charge >= 0.3 is 6.18 Å². The van der Waals surface area contributed by atoms with Crippen LogP contribution in [0.1, 0.15) is 18.4 Å². The summed E-state index contributed by atoms with van der Waals surface area (Å²) in [7, 11) is -4.12. The molecule has 2 N–H and O–H groups in total. The van der Waals surface area contributed by atoms with Gasteiger partial charge in [0.15, 0.2) is 0 Å². The molecule has 0 radical (unpaired) electrons. The molecule has 0 saturated carbocycles. The molecule has 0 fully saturated rings. The average molecular weight is 332 g/mol. The largest absolute Gasteiger partial charge is 0.416 e. The van der Waals surface area contributed by atoms with Crippen molar-refractivity contribution in [3.8, 4) is 0 Å². The van der Waals surface area contributed by atoms with Crippen LogP contribution in [0.25, 0.3) is 0 Å². The maximum atomic E-state index is 12.6. The van der Waals surface area contributed by atoms with E-state index in [0.717, 1.165) is 6.07 Å². The van der Waals surface area contributed by atoms with Crippen LogP contribution in [0.15, 0.2) is 23.1 Å². The maximum absolute atomic E-state index is 12.6. The van der Waals surface area contributed by atoms with E-state index < -0.39 is 26.7 Å². The number of alkyl halides is 3. The summed E-state index contributed by atoms with van der Waals surface area (Å²) < 4.78 is 63.5. The Hall–Kier alpha value is -0.830. The molecular weight excluding hydrogens is 319 g/mol. The molecule has 1 rings (SSSR count). The monoisotopic (exact) mass is 331 g/mol. The first-order valence-corrected chi connectivity index (χ1v) is 7.52. The Morgan fingerprint density at radius 3 is 2.45 bits per heavy atom. The summed E-state index contributed by atoms with van der Waals surface area (Å²) in [5, 5.41) is 8.27. The van der Waals surface area contributed by atoms with Crippen LogP contribution in [0.5, 0.6) is 0 Å². The van der Waals surface area contributed by atoms with Gasteiger partial charge in [0.1, 0.15) is 4.90 Å². The number of aliphatic hydroxyl groups excluding tert-OH is 1. The Kier molecular flexibility index (Phi) is 5.81. The number of rotatable bonds is 6. The van der Waals surface area contributed by atoms with Crippen molar-refractivity contribution in [3.05, 3.63) is 28.8 Å². The smallest absolute Gasteiger partial charge is 0.396 e. The molecule has 0 aliphatic rings. The zero-order valence-corrected chi connectivity index (χ0v) is 11.8. The molecule has 0 saturated heterocycles. The molecule has 0 bridgehead atoms. The third-order valence-corrected chi connectivity index (χ3v) is 4.37. The van der Waals surface area contributed by atoms with Crippen molar-refractivity contribution in [2.24, 2.45) is 0 Å². The van der Waals surface area contributed by atoms with Gasteiger partial charge in [-0.25, -0.2) is 13.1 Å². The molecule has 0 unspecified atom stereocenters. The number of nitrogens with one attached hydrogen (secondary N) is 1. The van der Waals surface area contributed by atoms with Gasteiger partial charge in [0, 0.05) is 13.2 Å². The molecule has 4 nitrogen and oxygen atoms in total. The lowest BCUT2D eigenvalue weighted by molar-refractivity contribution is -0.137. The van der Waals surface area contributed by atoms with E-state index in [9.17, 15) is 21.6 Å². The molecule has 0 atom stereocenters. The van der Waals surface area contributed by atoms with Gasteiger partial charge in [0.2, 0.25) is 10.0 Å². The fourth-order valence-corrected chi connectivity index (χ4v) is 3.00. The fourth-order valence-electron chi connectivity index (χ4n) is 1.41. The molecule has 0 amide bonds. The quantitative estimate of drug-likeness (QED) is 0.787. The van der Waals surface area contributed by atoms with Crippen molar-refractivity contribution in [2.75, 3.05) is 13.2 Å². The van der Waals surface area contributed by atoms with E-state index >= 15 is 0 Å². The van der Waals surface area contributed by atoms with Gasteiger partial charge in [-0.1, -0.05) is 11.6 Å². The highest BCUT2D eigenvalue weighted by Gasteiger charge is 2.32. The number of hydrogen-bond acceptors (Lipinski definition) is 3. The van der Waals surface area contributed by atoms with Crippen molar-refractivity contribution in [3.63, 3.8) is 0 Å². The van der Waals surface area contributed by atoms with E-state index in [1.807, 2.05) is 0 Å². The van der Waals surface area contributed by atoms with Crippen molar-refractivity contribution < 1.29 is 26.7 Å². The molecule has 1 aromatic carbocycles. The minimum absolute atomic E-state index is 0.00939. The normalized spacial score (nSPS) is 12.7. The molecule has 0 spiro atoms. The zero-order chi connectivity index (χ0) is 15.4. The van der Waals surface area contributed by atoms with Gasteiger partial charge in [-0.15, -0.1) is 0 Å². The molecule has 0 aliphatic heterocycles. The predicted molar refractivity (Wildman–Crippen MR) is 68.0 cm³/mol. The van der Waals surface area contributed by atoms with E-state index in [1.54, 1.807) is 0 Å². The van der Waals surface area contributed by atoms with Crippen molar-refractivity contribution in [2.45, 2.75) is 23.9 Å². The van der Waals surface area contributed by atoms with Gasteiger partial charge in [0.25, 0.3) is 0 Å². The summed E-state index contributed by atoms with van der Waals surface area (Å²) in [6.07, 6.45) is -3.89. The van der Waals surface area contributed by atoms with E-state index in [1.165, 1.54) is 0 Å². The summed E-state index contributed by atoms with van der Waals surface area (Å²) in [5.74, 6) is 0. The second-order valence-corrected chi connectivity index (χ2v) is 6.11. The van der Waals surface area contributed by atoms with Crippen LogP contribution in [-0.2, 0) is 16.2 Å². The highest BCUT2D eigenvalue weighted by molar-refractivity contribution is 7.89. The third kappa shape index (κ3) is 4.62. The maximum Gasteiger partial charge on any atom is 0.416 e. The number of aliphatic hydroxyl groups is 1. The molecule has 9 heteroatoms. The molecular formula is C11H13ClF3NO3S. The van der Waals surface area contributed by atoms with Crippen LogP contribution in [0, 0.1) is 0 Å². The number of halogens is 4. The third-order valence-electron chi connectivity index (χ3n) is 2.43. The number of unbranched alkanes of at least 4 members (excludes halogenated alkanes) is 1. The second-order valence-electron chi connectivity index (χ2n) is 3.97. The van der Waals surface area contributed by atoms with Crippen LogP contribution >= 0.6 is 11.6 Å². The van der Waals surface area contributed by atoms with Crippen LogP contribution in [0.4, 0.5) is 13.2 Å². The van der Waals surface area contributed by atoms with Crippen LogP contribution in [0.2, 0.25) is 5.02 Å². The summed E-state index contributed by atoms with van der Waals surface area (Å²) >= 11 is 5.64. The number of hydrogen-bond donors (Lipinski definition) is 2. The molecule has 114 valence electrons. The van der Waals surface area contributed by atoms with Gasteiger partial charge in [0.05, 0.1) is 10.6 Å². The van der Waals surface area contributed by atoms with Gasteiger partial charge in [-0.3, -0.25) is 0 Å². The van der Waals surface area contributed by atoms with E-state index in [0.29, 0.717) is 25.0 Å². The zero-order valence-electron chi connectivity index (χ0n) is 10.2. The van der Waals surface area contributed by atoms with Crippen LogP contribution < -0.4 is 4.72 Å². The number of sulfonamides is 1. The van der Waals surface area contributed by atoms with Gasteiger partial charge in [-0.2, -0.15) is 13.2 Å². The molecule has 20 heavy (non-hydrogen) atoms. The van der Waals surface area contributed by atoms with Crippen LogP contribution in [-0.4, -0.2) is 26.7 Å². The predicted octanol–water partition coefficient (Wildman–Crippen LogP) is 2.41. The SMILES string of the molecule is O=S(=O)(NCCCCO)c1cc(C(F)(F)F)ccc1Cl. The van der Waals surface area contributed by atoms with Crippen molar-refractivity contribution >= 4 is 21.6 Å². The van der Waals surface area contributed by atoms with Crippen LogP contribution in [0.3, 0.4) is 0 Å². The first kappa shape index (κ1) is 17.2. The Balaban J connectivity index is 2.99. The topological polar surface area (TPSA) is 66.4 Å². The molecule has 1 aromatic rings. The van der Waals surface area contributed by atoms with Gasteiger partial charge in [-0.05, 0) is 31.0 Å².